The number of benzene rings is 2. The second-order valence-electron chi connectivity index (χ2n) is 5.03. The van der Waals surface area contributed by atoms with Crippen LogP contribution in [0.1, 0.15) is 12.5 Å². The van der Waals surface area contributed by atoms with E-state index in [1.807, 2.05) is 0 Å². The van der Waals surface area contributed by atoms with E-state index < -0.39 is 16.9 Å². The summed E-state index contributed by atoms with van der Waals surface area (Å²) in [6.45, 7) is 3.16. The van der Waals surface area contributed by atoms with Gasteiger partial charge in [0.25, 0.3) is 11.6 Å². The number of hydrogen-bond acceptors (Lipinski definition) is 4. The lowest BCUT2D eigenvalue weighted by Gasteiger charge is -2.16. The average molecular weight is 414 g/mol. The van der Waals surface area contributed by atoms with Crippen LogP contribution in [0.3, 0.4) is 0 Å². The quantitative estimate of drug-likeness (QED) is 0.568. The first-order chi connectivity index (χ1) is 11.3. The van der Waals surface area contributed by atoms with Gasteiger partial charge in [0.15, 0.2) is 6.10 Å². The predicted octanol–water partition coefficient (Wildman–Crippen LogP) is 4.73. The highest BCUT2D eigenvalue weighted by Gasteiger charge is 2.19. The molecule has 1 unspecified atom stereocenters. The molecule has 1 amide bonds. The Morgan fingerprint density at radius 3 is 2.71 bits per heavy atom. The van der Waals surface area contributed by atoms with Gasteiger partial charge in [-0.25, -0.2) is 0 Å². The molecule has 0 heterocycles. The first-order valence-corrected chi connectivity index (χ1v) is 8.13. The van der Waals surface area contributed by atoms with Gasteiger partial charge in [-0.3, -0.25) is 14.9 Å². The molecule has 0 saturated carbocycles. The number of ether oxygens (including phenoxy) is 1. The minimum Gasteiger partial charge on any atom is -0.480 e. The first kappa shape index (κ1) is 18.2. The normalized spacial score (nSPS) is 11.7. The number of halogens is 2. The molecule has 1 atom stereocenters. The van der Waals surface area contributed by atoms with E-state index in [0.717, 1.165) is 0 Å². The molecule has 0 aliphatic carbocycles. The van der Waals surface area contributed by atoms with E-state index in [4.69, 9.17) is 16.3 Å². The Morgan fingerprint density at radius 2 is 2.08 bits per heavy atom. The molecule has 1 N–H and O–H groups in total. The highest BCUT2D eigenvalue weighted by molar-refractivity contribution is 9.10. The highest BCUT2D eigenvalue weighted by atomic mass is 79.9. The summed E-state index contributed by atoms with van der Waals surface area (Å²) in [5, 5.41) is 14.1. The zero-order chi connectivity index (χ0) is 17.9. The molecule has 0 bridgehead atoms. The van der Waals surface area contributed by atoms with Gasteiger partial charge in [0.05, 0.1) is 20.6 Å². The molecular formula is C16H14BrClN2O4. The van der Waals surface area contributed by atoms with Crippen LogP contribution >= 0.6 is 27.5 Å². The summed E-state index contributed by atoms with van der Waals surface area (Å²) >= 11 is 9.17. The summed E-state index contributed by atoms with van der Waals surface area (Å²) in [5.74, 6) is 0.0539. The smallest absolute Gasteiger partial charge is 0.274 e. The van der Waals surface area contributed by atoms with Crippen molar-refractivity contribution in [1.82, 2.24) is 0 Å². The van der Waals surface area contributed by atoms with Crippen molar-refractivity contribution in [3.8, 4) is 5.75 Å². The van der Waals surface area contributed by atoms with Crippen molar-refractivity contribution in [3.05, 3.63) is 61.6 Å². The maximum absolute atomic E-state index is 12.3. The standard InChI is InChI=1S/C16H14BrClN2O4/c1-9-13(4-3-5-14(9)20(22)23)19-16(21)10(2)24-15-7-6-11(18)8-12(15)17/h3-8,10H,1-2H3,(H,19,21). The second kappa shape index (κ2) is 7.63. The first-order valence-electron chi connectivity index (χ1n) is 6.96. The van der Waals surface area contributed by atoms with E-state index >= 15 is 0 Å². The molecule has 0 spiro atoms. The fourth-order valence-corrected chi connectivity index (χ4v) is 2.78. The summed E-state index contributed by atoms with van der Waals surface area (Å²) in [6, 6.07) is 9.46. The minimum atomic E-state index is -0.805. The van der Waals surface area contributed by atoms with Crippen molar-refractivity contribution in [2.24, 2.45) is 0 Å². The van der Waals surface area contributed by atoms with E-state index in [2.05, 4.69) is 21.2 Å². The fraction of sp³-hybridized carbons (Fsp3) is 0.188. The third kappa shape index (κ3) is 4.24. The molecular weight excluding hydrogens is 400 g/mol. The van der Waals surface area contributed by atoms with Gasteiger partial charge in [0, 0.05) is 11.1 Å². The lowest BCUT2D eigenvalue weighted by Crippen LogP contribution is -2.30. The van der Waals surface area contributed by atoms with Crippen LogP contribution < -0.4 is 10.1 Å². The molecule has 0 fully saturated rings. The van der Waals surface area contributed by atoms with Crippen molar-refractivity contribution in [3.63, 3.8) is 0 Å². The molecule has 2 aromatic rings. The SMILES string of the molecule is Cc1c(NC(=O)C(C)Oc2ccc(Cl)cc2Br)cccc1[N+](=O)[O-]. The largest absolute Gasteiger partial charge is 0.480 e. The van der Waals surface area contributed by atoms with Crippen LogP contribution in [0, 0.1) is 17.0 Å². The van der Waals surface area contributed by atoms with E-state index in [0.29, 0.717) is 26.5 Å². The molecule has 24 heavy (non-hydrogen) atoms. The van der Waals surface area contributed by atoms with Crippen molar-refractivity contribution in [2.75, 3.05) is 5.32 Å². The number of nitrogens with zero attached hydrogens (tertiary/aromatic N) is 1. The lowest BCUT2D eigenvalue weighted by molar-refractivity contribution is -0.385. The molecule has 8 heteroatoms. The monoisotopic (exact) mass is 412 g/mol. The van der Waals surface area contributed by atoms with Crippen LogP contribution in [0.2, 0.25) is 5.02 Å². The van der Waals surface area contributed by atoms with Crippen LogP contribution in [0.15, 0.2) is 40.9 Å². The van der Waals surface area contributed by atoms with E-state index in [9.17, 15) is 14.9 Å². The summed E-state index contributed by atoms with van der Waals surface area (Å²) in [6.07, 6.45) is -0.805. The zero-order valence-corrected chi connectivity index (χ0v) is 15.2. The molecule has 0 radical (unpaired) electrons. The number of anilines is 1. The van der Waals surface area contributed by atoms with Crippen molar-refractivity contribution in [2.45, 2.75) is 20.0 Å². The summed E-state index contributed by atoms with van der Waals surface area (Å²) < 4.78 is 6.23. The lowest BCUT2D eigenvalue weighted by atomic mass is 10.1. The van der Waals surface area contributed by atoms with Crippen LogP contribution in [-0.2, 0) is 4.79 Å². The van der Waals surface area contributed by atoms with Crippen molar-refractivity contribution >= 4 is 44.8 Å². The Morgan fingerprint density at radius 1 is 1.38 bits per heavy atom. The maximum Gasteiger partial charge on any atom is 0.274 e. The van der Waals surface area contributed by atoms with Gasteiger partial charge in [-0.15, -0.1) is 0 Å². The maximum atomic E-state index is 12.3. The summed E-state index contributed by atoms with van der Waals surface area (Å²) in [7, 11) is 0. The van der Waals surface area contributed by atoms with E-state index in [-0.39, 0.29) is 5.69 Å². The predicted molar refractivity (Wildman–Crippen MR) is 95.7 cm³/mol. The number of hydrogen-bond donors (Lipinski definition) is 1. The summed E-state index contributed by atoms with van der Waals surface area (Å²) in [4.78, 5) is 22.7. The molecule has 0 aliphatic heterocycles. The van der Waals surface area contributed by atoms with E-state index in [1.54, 1.807) is 38.1 Å². The zero-order valence-electron chi connectivity index (χ0n) is 12.9. The van der Waals surface area contributed by atoms with Crippen molar-refractivity contribution in [1.29, 1.82) is 0 Å². The van der Waals surface area contributed by atoms with Gasteiger partial charge in [-0.1, -0.05) is 17.7 Å². The Balaban J connectivity index is 2.12. The number of nitro groups is 1. The number of nitro benzene ring substituents is 1. The molecule has 0 aliphatic rings. The molecule has 2 rings (SSSR count). The molecule has 0 saturated heterocycles. The minimum absolute atomic E-state index is 0.0539. The number of amides is 1. The third-order valence-corrected chi connectivity index (χ3v) is 4.18. The average Bonchev–Trinajstić information content (AvgIpc) is 2.51. The number of rotatable bonds is 5. The van der Waals surface area contributed by atoms with Gasteiger partial charge in [-0.05, 0) is 54.0 Å². The second-order valence-corrected chi connectivity index (χ2v) is 6.32. The number of nitrogens with one attached hydrogen (secondary N) is 1. The van der Waals surface area contributed by atoms with E-state index in [1.165, 1.54) is 12.1 Å². The molecule has 126 valence electrons. The van der Waals surface area contributed by atoms with Gasteiger partial charge in [0.1, 0.15) is 5.75 Å². The number of carbonyl (C=O) groups excluding carboxylic acids is 1. The molecule has 2 aromatic carbocycles. The Labute approximate surface area is 152 Å². The van der Waals surface area contributed by atoms with Crippen LogP contribution in [0.4, 0.5) is 11.4 Å². The highest BCUT2D eigenvalue weighted by Crippen LogP contribution is 2.29. The Hall–Kier alpha value is -2.12. The van der Waals surface area contributed by atoms with Gasteiger partial charge < -0.3 is 10.1 Å². The number of carbonyl (C=O) groups is 1. The molecule has 6 nitrogen and oxygen atoms in total. The third-order valence-electron chi connectivity index (χ3n) is 3.33. The fourth-order valence-electron chi connectivity index (χ4n) is 2.01. The molecule has 0 aromatic heterocycles. The van der Waals surface area contributed by atoms with Gasteiger partial charge in [0.2, 0.25) is 0 Å². The van der Waals surface area contributed by atoms with Gasteiger partial charge >= 0.3 is 0 Å². The van der Waals surface area contributed by atoms with Crippen LogP contribution in [0.25, 0.3) is 0 Å². The Kier molecular flexibility index (Phi) is 5.80. The Bertz CT molecular complexity index is 798. The van der Waals surface area contributed by atoms with Crippen LogP contribution in [0.5, 0.6) is 5.75 Å². The van der Waals surface area contributed by atoms with Gasteiger partial charge in [-0.2, -0.15) is 0 Å². The van der Waals surface area contributed by atoms with Crippen molar-refractivity contribution < 1.29 is 14.5 Å². The van der Waals surface area contributed by atoms with Crippen LogP contribution in [-0.4, -0.2) is 16.9 Å². The summed E-state index contributed by atoms with van der Waals surface area (Å²) in [5.41, 5.74) is 0.706. The topological polar surface area (TPSA) is 81.5 Å².